The highest BCUT2D eigenvalue weighted by molar-refractivity contribution is 7.95. The second-order valence-electron chi connectivity index (χ2n) is 0.836. The first-order valence-electron chi connectivity index (χ1n) is 1.99. The van der Waals surface area contributed by atoms with Crippen LogP contribution in [0.15, 0.2) is 0 Å². The molecule has 0 saturated heterocycles. The molecular weight excluding hydrogens is 112 g/mol. The van der Waals surface area contributed by atoms with Gasteiger partial charge in [0, 0.05) is 18.7 Å². The third-order valence-corrected chi connectivity index (χ3v) is 0.971. The lowest BCUT2D eigenvalue weighted by Gasteiger charge is -1.92. The summed E-state index contributed by atoms with van der Waals surface area (Å²) in [4.78, 5) is 9.51. The molecule has 2 N–H and O–H groups in total. The number of hydrogen-bond acceptors (Lipinski definition) is 3. The van der Waals surface area contributed by atoms with Crippen LogP contribution in [0.5, 0.6) is 0 Å². The zero-order chi connectivity index (χ0) is 5.54. The number of carbonyl (C=O) groups excluding carboxylic acids is 1. The molecule has 0 aromatic rings. The first-order valence-corrected chi connectivity index (χ1v) is 2.81. The van der Waals surface area contributed by atoms with E-state index in [1.165, 1.54) is 12.1 Å². The highest BCUT2D eigenvalue weighted by atomic mass is 32.2. The molecule has 0 aromatic heterocycles. The van der Waals surface area contributed by atoms with E-state index in [4.69, 9.17) is 0 Å². The monoisotopic (exact) mass is 120 g/mol. The van der Waals surface area contributed by atoms with Gasteiger partial charge in [-0.25, -0.2) is 4.72 Å². The van der Waals surface area contributed by atoms with Crippen LogP contribution >= 0.6 is 12.1 Å². The molecule has 42 valence electrons. The van der Waals surface area contributed by atoms with Gasteiger partial charge in [0.1, 0.15) is 0 Å². The van der Waals surface area contributed by atoms with E-state index < -0.39 is 0 Å². The average molecular weight is 120 g/mol. The first-order chi connectivity index (χ1) is 3.41. The molecule has 0 rings (SSSR count). The predicted octanol–water partition coefficient (Wildman–Crippen LogP) is -0.0949. The predicted molar refractivity (Wildman–Crippen MR) is 30.5 cm³/mol. The normalized spacial score (nSPS) is 8.14. The molecule has 0 unspecified atom stereocenters. The smallest absolute Gasteiger partial charge is 0.217 e. The van der Waals surface area contributed by atoms with Crippen molar-refractivity contribution in [3.05, 3.63) is 0 Å². The van der Waals surface area contributed by atoms with Crippen LogP contribution in [0.1, 0.15) is 6.92 Å². The van der Waals surface area contributed by atoms with Crippen molar-refractivity contribution in [2.75, 3.05) is 6.54 Å². The molecule has 3 nitrogen and oxygen atoms in total. The highest BCUT2D eigenvalue weighted by Gasteiger charge is 1.74. The van der Waals surface area contributed by atoms with Gasteiger partial charge in [0.25, 0.3) is 0 Å². The number of amides is 1. The molecule has 0 aliphatic carbocycles. The van der Waals surface area contributed by atoms with Crippen molar-refractivity contribution in [2.45, 2.75) is 6.92 Å². The van der Waals surface area contributed by atoms with Crippen molar-refractivity contribution in [3.8, 4) is 0 Å². The van der Waals surface area contributed by atoms with E-state index in [0.717, 1.165) is 6.54 Å². The van der Waals surface area contributed by atoms with Gasteiger partial charge < -0.3 is 0 Å². The SMILES string of the molecule is CCNSNC=O. The molecule has 0 radical (unpaired) electrons. The number of carbonyl (C=O) groups is 1. The maximum atomic E-state index is 9.51. The third-order valence-electron chi connectivity index (χ3n) is 0.324. The van der Waals surface area contributed by atoms with Crippen molar-refractivity contribution < 1.29 is 4.79 Å². The Kier molecular flexibility index (Phi) is 5.60. The molecule has 0 bridgehead atoms. The summed E-state index contributed by atoms with van der Waals surface area (Å²) in [6, 6.07) is 0. The van der Waals surface area contributed by atoms with Gasteiger partial charge in [0.2, 0.25) is 6.41 Å². The standard InChI is InChI=1S/C3H8N2OS/c1-2-4-7-5-3-6/h3-4H,2H2,1H3,(H,5,6). The summed E-state index contributed by atoms with van der Waals surface area (Å²) >= 11 is 1.19. The van der Waals surface area contributed by atoms with Gasteiger partial charge in [0.05, 0.1) is 0 Å². The fraction of sp³-hybridized carbons (Fsp3) is 0.667. The van der Waals surface area contributed by atoms with Crippen LogP contribution in [0.4, 0.5) is 0 Å². The summed E-state index contributed by atoms with van der Waals surface area (Å²) in [7, 11) is 0. The van der Waals surface area contributed by atoms with Gasteiger partial charge in [0.15, 0.2) is 0 Å². The van der Waals surface area contributed by atoms with Gasteiger partial charge >= 0.3 is 0 Å². The maximum Gasteiger partial charge on any atom is 0.217 e. The lowest BCUT2D eigenvalue weighted by Crippen LogP contribution is -2.10. The Morgan fingerprint density at radius 1 is 1.86 bits per heavy atom. The molecule has 4 heteroatoms. The van der Waals surface area contributed by atoms with Crippen LogP contribution < -0.4 is 9.44 Å². The Hall–Kier alpha value is -0.220. The Labute approximate surface area is 47.1 Å². The topological polar surface area (TPSA) is 41.1 Å². The largest absolute Gasteiger partial charge is 0.290 e. The molecule has 0 aliphatic rings. The summed E-state index contributed by atoms with van der Waals surface area (Å²) in [6.45, 7) is 2.81. The van der Waals surface area contributed by atoms with Crippen LogP contribution in [-0.2, 0) is 4.79 Å². The average Bonchev–Trinajstić information content (AvgIpc) is 1.69. The van der Waals surface area contributed by atoms with Crippen molar-refractivity contribution in [1.29, 1.82) is 0 Å². The van der Waals surface area contributed by atoms with E-state index in [1.807, 2.05) is 6.92 Å². The minimum absolute atomic E-state index is 0.632. The van der Waals surface area contributed by atoms with Gasteiger partial charge in [-0.2, -0.15) is 0 Å². The fourth-order valence-corrected chi connectivity index (χ4v) is 0.414. The molecular formula is C3H8N2OS. The molecule has 0 spiro atoms. The third kappa shape index (κ3) is 5.78. The molecule has 7 heavy (non-hydrogen) atoms. The maximum absolute atomic E-state index is 9.51. The Morgan fingerprint density at radius 3 is 3.00 bits per heavy atom. The zero-order valence-corrected chi connectivity index (χ0v) is 4.92. The summed E-state index contributed by atoms with van der Waals surface area (Å²) < 4.78 is 5.20. The van der Waals surface area contributed by atoms with E-state index in [9.17, 15) is 4.79 Å². The van der Waals surface area contributed by atoms with Crippen LogP contribution in [-0.4, -0.2) is 13.0 Å². The summed E-state index contributed by atoms with van der Waals surface area (Å²) in [5.41, 5.74) is 0. The number of hydrogen-bond donors (Lipinski definition) is 2. The van der Waals surface area contributed by atoms with Crippen molar-refractivity contribution >= 4 is 18.5 Å². The summed E-state index contributed by atoms with van der Waals surface area (Å²) in [6.07, 6.45) is 0.632. The lowest BCUT2D eigenvalue weighted by atomic mass is 10.8. The van der Waals surface area contributed by atoms with Crippen LogP contribution in [0.3, 0.4) is 0 Å². The van der Waals surface area contributed by atoms with E-state index in [-0.39, 0.29) is 0 Å². The molecule has 0 aromatic carbocycles. The van der Waals surface area contributed by atoms with Crippen molar-refractivity contribution in [2.24, 2.45) is 0 Å². The summed E-state index contributed by atoms with van der Waals surface area (Å²) in [5.74, 6) is 0. The number of rotatable bonds is 4. The lowest BCUT2D eigenvalue weighted by molar-refractivity contribution is -0.107. The van der Waals surface area contributed by atoms with Gasteiger partial charge in [-0.05, 0) is 0 Å². The first kappa shape index (κ1) is 6.78. The second kappa shape index (κ2) is 5.78. The molecule has 0 saturated carbocycles. The van der Waals surface area contributed by atoms with Crippen LogP contribution in [0.2, 0.25) is 0 Å². The van der Waals surface area contributed by atoms with E-state index in [2.05, 4.69) is 9.44 Å². The van der Waals surface area contributed by atoms with Crippen molar-refractivity contribution in [1.82, 2.24) is 9.44 Å². The Morgan fingerprint density at radius 2 is 2.57 bits per heavy atom. The van der Waals surface area contributed by atoms with Gasteiger partial charge in [-0.3, -0.25) is 9.52 Å². The second-order valence-corrected chi connectivity index (χ2v) is 1.56. The van der Waals surface area contributed by atoms with Gasteiger partial charge in [-0.1, -0.05) is 6.92 Å². The Bertz CT molecular complexity index is 50.2. The van der Waals surface area contributed by atoms with E-state index in [0.29, 0.717) is 6.41 Å². The quantitative estimate of drug-likeness (QED) is 0.309. The fourth-order valence-electron chi connectivity index (χ4n) is 0.138. The minimum Gasteiger partial charge on any atom is -0.290 e. The zero-order valence-electron chi connectivity index (χ0n) is 4.10. The molecule has 0 atom stereocenters. The minimum atomic E-state index is 0.632. The van der Waals surface area contributed by atoms with Crippen LogP contribution in [0, 0.1) is 0 Å². The van der Waals surface area contributed by atoms with E-state index >= 15 is 0 Å². The highest BCUT2D eigenvalue weighted by Crippen LogP contribution is 1.76. The summed E-state index contributed by atoms with van der Waals surface area (Å²) in [5, 5.41) is 0. The molecule has 0 heterocycles. The number of nitrogens with one attached hydrogen (secondary N) is 2. The Balaban J connectivity index is 2.56. The molecule has 1 amide bonds. The molecule has 0 aliphatic heterocycles. The molecule has 0 fully saturated rings. The van der Waals surface area contributed by atoms with Crippen LogP contribution in [0.25, 0.3) is 0 Å². The van der Waals surface area contributed by atoms with Gasteiger partial charge in [-0.15, -0.1) is 0 Å². The van der Waals surface area contributed by atoms with E-state index in [1.54, 1.807) is 0 Å². The van der Waals surface area contributed by atoms with Crippen molar-refractivity contribution in [3.63, 3.8) is 0 Å².